The van der Waals surface area contributed by atoms with Gasteiger partial charge in [-0.3, -0.25) is 15.1 Å². The number of amides is 3. The summed E-state index contributed by atoms with van der Waals surface area (Å²) in [7, 11) is 0. The highest BCUT2D eigenvalue weighted by molar-refractivity contribution is 6.11. The van der Waals surface area contributed by atoms with Gasteiger partial charge in [-0.15, -0.1) is 0 Å². The van der Waals surface area contributed by atoms with Crippen LogP contribution in [0.4, 0.5) is 4.79 Å². The van der Waals surface area contributed by atoms with Gasteiger partial charge in [0.05, 0.1) is 12.5 Å². The number of hydrogen-bond acceptors (Lipinski definition) is 5. The second kappa shape index (κ2) is 5.16. The molecule has 1 fully saturated rings. The number of carbonyl (C=O) groups excluding carboxylic acids is 3. The van der Waals surface area contributed by atoms with Crippen LogP contribution in [0.2, 0.25) is 0 Å². The van der Waals surface area contributed by atoms with Gasteiger partial charge in [-0.25, -0.2) is 9.59 Å². The van der Waals surface area contributed by atoms with Crippen molar-refractivity contribution in [2.24, 2.45) is 10.9 Å². The normalized spacial score (nSPS) is 27.3. The van der Waals surface area contributed by atoms with E-state index in [-0.39, 0.29) is 18.4 Å². The van der Waals surface area contributed by atoms with Crippen molar-refractivity contribution in [2.45, 2.75) is 25.8 Å². The maximum Gasteiger partial charge on any atom is 0.330 e. The van der Waals surface area contributed by atoms with Gasteiger partial charge in [0.25, 0.3) is 0 Å². The summed E-state index contributed by atoms with van der Waals surface area (Å²) in [5.41, 5.74) is 0.658. The minimum Gasteiger partial charge on any atom is -0.464 e. The third-order valence-corrected chi connectivity index (χ3v) is 2.98. The lowest BCUT2D eigenvalue weighted by atomic mass is 9.98. The Bertz CT molecular complexity index is 419. The second-order valence-corrected chi connectivity index (χ2v) is 4.18. The predicted octanol–water partition coefficient (Wildman–Crippen LogP) is -0.391. The molecule has 2 atom stereocenters. The summed E-state index contributed by atoms with van der Waals surface area (Å²) in [5.74, 6) is -1.18. The zero-order valence-corrected chi connectivity index (χ0v) is 10.1. The second-order valence-electron chi connectivity index (χ2n) is 4.18. The summed E-state index contributed by atoms with van der Waals surface area (Å²) in [6, 6.07) is -0.998. The van der Waals surface area contributed by atoms with E-state index < -0.39 is 18.0 Å². The van der Waals surface area contributed by atoms with Crippen molar-refractivity contribution in [3.8, 4) is 0 Å². The van der Waals surface area contributed by atoms with Crippen LogP contribution in [0.25, 0.3) is 0 Å². The summed E-state index contributed by atoms with van der Waals surface area (Å²) >= 11 is 0. The highest BCUT2D eigenvalue weighted by Gasteiger charge is 2.35. The van der Waals surface area contributed by atoms with Gasteiger partial charge in [0.15, 0.2) is 0 Å². The Morgan fingerprint density at radius 2 is 2.28 bits per heavy atom. The molecule has 0 aromatic rings. The van der Waals surface area contributed by atoms with Crippen molar-refractivity contribution in [1.82, 2.24) is 10.6 Å². The van der Waals surface area contributed by atoms with Crippen molar-refractivity contribution in [3.05, 3.63) is 0 Å². The fraction of sp³-hybridized carbons (Fsp3) is 0.636. The van der Waals surface area contributed by atoms with Crippen LogP contribution in [0, 0.1) is 5.92 Å². The van der Waals surface area contributed by atoms with Crippen LogP contribution < -0.4 is 10.6 Å². The van der Waals surface area contributed by atoms with E-state index in [0.29, 0.717) is 25.2 Å². The Balaban J connectivity index is 2.02. The number of urea groups is 1. The fourth-order valence-corrected chi connectivity index (χ4v) is 2.09. The molecule has 2 aliphatic rings. The van der Waals surface area contributed by atoms with Crippen molar-refractivity contribution < 1.29 is 19.1 Å². The topological polar surface area (TPSA) is 96.9 Å². The summed E-state index contributed by atoms with van der Waals surface area (Å²) < 4.78 is 4.89. The smallest absolute Gasteiger partial charge is 0.330 e. The minimum atomic E-state index is -0.509. The lowest BCUT2D eigenvalue weighted by Gasteiger charge is -2.21. The number of aliphatic imine (C=N–C) groups is 1. The summed E-state index contributed by atoms with van der Waals surface area (Å²) in [6.07, 6.45) is 1.14. The van der Waals surface area contributed by atoms with Gasteiger partial charge in [-0.2, -0.15) is 0 Å². The van der Waals surface area contributed by atoms with E-state index in [4.69, 9.17) is 4.74 Å². The molecule has 0 spiro atoms. The Morgan fingerprint density at radius 1 is 1.50 bits per heavy atom. The van der Waals surface area contributed by atoms with Crippen molar-refractivity contribution in [2.75, 3.05) is 13.2 Å². The largest absolute Gasteiger partial charge is 0.464 e. The number of esters is 1. The van der Waals surface area contributed by atoms with Crippen LogP contribution in [-0.4, -0.2) is 42.8 Å². The molecule has 98 valence electrons. The number of hydrogen-bond donors (Lipinski definition) is 2. The molecule has 0 aromatic heterocycles. The Morgan fingerprint density at radius 3 is 2.94 bits per heavy atom. The van der Waals surface area contributed by atoms with Crippen LogP contribution in [-0.2, 0) is 14.3 Å². The highest BCUT2D eigenvalue weighted by Crippen LogP contribution is 2.20. The monoisotopic (exact) mass is 253 g/mol. The van der Waals surface area contributed by atoms with Crippen LogP contribution in [0.1, 0.15) is 19.8 Å². The minimum absolute atomic E-state index is 0.235. The molecule has 2 aliphatic heterocycles. The third kappa shape index (κ3) is 2.49. The van der Waals surface area contributed by atoms with E-state index in [1.807, 2.05) is 0 Å². The van der Waals surface area contributed by atoms with Gasteiger partial charge in [0.2, 0.25) is 5.91 Å². The molecule has 18 heavy (non-hydrogen) atoms. The first-order chi connectivity index (χ1) is 8.61. The van der Waals surface area contributed by atoms with Crippen LogP contribution in [0.5, 0.6) is 0 Å². The fourth-order valence-electron chi connectivity index (χ4n) is 2.09. The molecule has 1 unspecified atom stereocenters. The van der Waals surface area contributed by atoms with Gasteiger partial charge >= 0.3 is 12.0 Å². The maximum atomic E-state index is 11.6. The lowest BCUT2D eigenvalue weighted by molar-refractivity contribution is -0.144. The predicted molar refractivity (Wildman–Crippen MR) is 62.1 cm³/mol. The molecule has 0 radical (unpaired) electrons. The first-order valence-corrected chi connectivity index (χ1v) is 5.93. The van der Waals surface area contributed by atoms with Crippen LogP contribution in [0.3, 0.4) is 0 Å². The molecule has 2 N–H and O–H groups in total. The first kappa shape index (κ1) is 12.5. The van der Waals surface area contributed by atoms with Gasteiger partial charge in [0.1, 0.15) is 6.04 Å². The maximum absolute atomic E-state index is 11.6. The van der Waals surface area contributed by atoms with E-state index in [1.54, 1.807) is 6.92 Å². The van der Waals surface area contributed by atoms with E-state index in [1.165, 1.54) is 0 Å². The lowest BCUT2D eigenvalue weighted by Crippen LogP contribution is -2.54. The summed E-state index contributed by atoms with van der Waals surface area (Å²) in [6.45, 7) is 2.29. The van der Waals surface area contributed by atoms with Crippen LogP contribution >= 0.6 is 0 Å². The van der Waals surface area contributed by atoms with E-state index in [2.05, 4.69) is 15.6 Å². The SMILES string of the molecule is CCOC(=O)[C@@H]1CCC(C2CNC(=O)NC2=O)=N1. The molecule has 7 heteroatoms. The number of ether oxygens (including phenoxy) is 1. The van der Waals surface area contributed by atoms with Crippen molar-refractivity contribution in [3.63, 3.8) is 0 Å². The van der Waals surface area contributed by atoms with Crippen molar-refractivity contribution in [1.29, 1.82) is 0 Å². The Hall–Kier alpha value is -1.92. The van der Waals surface area contributed by atoms with Gasteiger partial charge < -0.3 is 10.1 Å². The van der Waals surface area contributed by atoms with Crippen LogP contribution in [0.15, 0.2) is 4.99 Å². The number of carbonyl (C=O) groups is 3. The molecule has 7 nitrogen and oxygen atoms in total. The molecule has 1 saturated heterocycles. The average Bonchev–Trinajstić information content (AvgIpc) is 2.78. The molecule has 0 saturated carbocycles. The van der Waals surface area contributed by atoms with E-state index in [9.17, 15) is 14.4 Å². The molecule has 0 bridgehead atoms. The highest BCUT2D eigenvalue weighted by atomic mass is 16.5. The van der Waals surface area contributed by atoms with Gasteiger partial charge in [0, 0.05) is 12.3 Å². The average molecular weight is 253 g/mol. The number of nitrogens with one attached hydrogen (secondary N) is 2. The van der Waals surface area contributed by atoms with Gasteiger partial charge in [-0.1, -0.05) is 0 Å². The molecule has 3 amide bonds. The van der Waals surface area contributed by atoms with Crippen molar-refractivity contribution >= 4 is 23.6 Å². The molecule has 0 aromatic carbocycles. The molecular formula is C11H15N3O4. The standard InChI is InChI=1S/C11H15N3O4/c1-2-18-10(16)8-4-3-7(13-8)6-5-12-11(17)14-9(6)15/h6,8H,2-5H2,1H3,(H2,12,14,15,17)/t6?,8-/m0/s1. The zero-order chi connectivity index (χ0) is 13.1. The molecule has 2 heterocycles. The Kier molecular flexibility index (Phi) is 3.59. The number of imide groups is 1. The van der Waals surface area contributed by atoms with E-state index in [0.717, 1.165) is 0 Å². The quantitative estimate of drug-likeness (QED) is 0.669. The molecule has 2 rings (SSSR count). The number of nitrogens with zero attached hydrogens (tertiary/aromatic N) is 1. The summed E-state index contributed by atoms with van der Waals surface area (Å²) in [5, 5.41) is 4.73. The molecular weight excluding hydrogens is 238 g/mol. The third-order valence-electron chi connectivity index (χ3n) is 2.98. The number of rotatable bonds is 3. The summed E-state index contributed by atoms with van der Waals surface area (Å²) in [4.78, 5) is 38.3. The van der Waals surface area contributed by atoms with Gasteiger partial charge in [-0.05, 0) is 19.8 Å². The zero-order valence-electron chi connectivity index (χ0n) is 10.1. The van der Waals surface area contributed by atoms with E-state index >= 15 is 0 Å². The first-order valence-electron chi connectivity index (χ1n) is 5.93. The molecule has 0 aliphatic carbocycles. The Labute approximate surface area is 104 Å².